The molecule has 6 aromatic rings. The first kappa shape index (κ1) is 25.5. The van der Waals surface area contributed by atoms with Crippen molar-refractivity contribution in [3.05, 3.63) is 144 Å². The molecule has 0 spiro atoms. The Bertz CT molecular complexity index is 1850. The van der Waals surface area contributed by atoms with Gasteiger partial charge in [-0.25, -0.2) is 0 Å². The molecule has 0 aromatic heterocycles. The molecule has 7 rings (SSSR count). The first-order chi connectivity index (χ1) is 20.2. The van der Waals surface area contributed by atoms with E-state index in [-0.39, 0.29) is 0 Å². The SMILES string of the molecule is Cc1cc(CCCCCc2ccc(C)c3c2-c2cccc4cccc-3c24)c(-c2ccccc2)cc1-c1ccccc1. The van der Waals surface area contributed by atoms with Gasteiger partial charge >= 0.3 is 0 Å². The van der Waals surface area contributed by atoms with Crippen LogP contribution in [0.5, 0.6) is 0 Å². The normalized spacial score (nSPS) is 11.7. The van der Waals surface area contributed by atoms with Crippen LogP contribution in [0.4, 0.5) is 0 Å². The van der Waals surface area contributed by atoms with Gasteiger partial charge in [-0.15, -0.1) is 0 Å². The Balaban J connectivity index is 1.10. The molecule has 0 aliphatic heterocycles. The predicted octanol–water partition coefficient (Wildman–Crippen LogP) is 11.4. The van der Waals surface area contributed by atoms with Crippen LogP contribution in [0.25, 0.3) is 55.3 Å². The Labute approximate surface area is 244 Å². The van der Waals surface area contributed by atoms with Gasteiger partial charge in [-0.2, -0.15) is 0 Å². The highest BCUT2D eigenvalue weighted by molar-refractivity contribution is 6.16. The molecule has 0 radical (unpaired) electrons. The summed E-state index contributed by atoms with van der Waals surface area (Å²) < 4.78 is 0. The fourth-order valence-electron chi connectivity index (χ4n) is 6.97. The van der Waals surface area contributed by atoms with E-state index in [1.54, 1.807) is 0 Å². The first-order valence-electron chi connectivity index (χ1n) is 15.1. The first-order valence-corrected chi connectivity index (χ1v) is 15.1. The topological polar surface area (TPSA) is 0 Å². The fourth-order valence-corrected chi connectivity index (χ4v) is 6.97. The number of hydrogen-bond donors (Lipinski definition) is 0. The van der Waals surface area contributed by atoms with E-state index in [0.717, 1.165) is 12.8 Å². The van der Waals surface area contributed by atoms with Crippen molar-refractivity contribution in [2.45, 2.75) is 46.0 Å². The quantitative estimate of drug-likeness (QED) is 0.172. The van der Waals surface area contributed by atoms with Crippen LogP contribution in [0, 0.1) is 13.8 Å². The Hall–Kier alpha value is -4.42. The van der Waals surface area contributed by atoms with Gasteiger partial charge in [-0.3, -0.25) is 0 Å². The molecule has 0 saturated heterocycles. The van der Waals surface area contributed by atoms with Crippen molar-refractivity contribution < 1.29 is 0 Å². The highest BCUT2D eigenvalue weighted by Gasteiger charge is 2.24. The molecule has 0 amide bonds. The maximum Gasteiger partial charge on any atom is -0.00262 e. The lowest BCUT2D eigenvalue weighted by Gasteiger charge is -2.16. The minimum Gasteiger partial charge on any atom is -0.0622 e. The van der Waals surface area contributed by atoms with Gasteiger partial charge in [0, 0.05) is 0 Å². The van der Waals surface area contributed by atoms with E-state index < -0.39 is 0 Å². The van der Waals surface area contributed by atoms with E-state index in [9.17, 15) is 0 Å². The molecule has 1 aliphatic carbocycles. The molecule has 200 valence electrons. The number of rotatable bonds is 8. The zero-order valence-electron chi connectivity index (χ0n) is 24.1. The summed E-state index contributed by atoms with van der Waals surface area (Å²) >= 11 is 0. The van der Waals surface area contributed by atoms with Crippen molar-refractivity contribution in [2.24, 2.45) is 0 Å². The van der Waals surface area contributed by atoms with E-state index in [0.29, 0.717) is 0 Å². The highest BCUT2D eigenvalue weighted by atomic mass is 14.3. The number of unbranched alkanes of at least 4 members (excludes halogenated alkanes) is 2. The lowest BCUT2D eigenvalue weighted by molar-refractivity contribution is 0.679. The molecule has 0 fully saturated rings. The molecule has 0 bridgehead atoms. The molecule has 0 saturated carbocycles. The summed E-state index contributed by atoms with van der Waals surface area (Å²) in [5.74, 6) is 0. The van der Waals surface area contributed by atoms with Crippen molar-refractivity contribution in [2.75, 3.05) is 0 Å². The van der Waals surface area contributed by atoms with Gasteiger partial charge in [0.2, 0.25) is 0 Å². The third kappa shape index (κ3) is 4.68. The minimum absolute atomic E-state index is 1.11. The van der Waals surface area contributed by atoms with Crippen LogP contribution in [0.3, 0.4) is 0 Å². The summed E-state index contributed by atoms with van der Waals surface area (Å²) in [5, 5.41) is 2.78. The van der Waals surface area contributed by atoms with E-state index in [2.05, 4.69) is 135 Å². The van der Waals surface area contributed by atoms with E-state index in [1.165, 1.54) is 96.8 Å². The summed E-state index contributed by atoms with van der Waals surface area (Å²) in [6.07, 6.45) is 5.88. The molecule has 0 N–H and O–H groups in total. The molecule has 6 aromatic carbocycles. The molecule has 0 atom stereocenters. The highest BCUT2D eigenvalue weighted by Crippen LogP contribution is 2.50. The van der Waals surface area contributed by atoms with Crippen LogP contribution in [0.1, 0.15) is 41.5 Å². The molecular formula is C41H36. The zero-order chi connectivity index (χ0) is 27.8. The van der Waals surface area contributed by atoms with Crippen LogP contribution in [-0.2, 0) is 12.8 Å². The lowest BCUT2D eigenvalue weighted by Crippen LogP contribution is -1.96. The minimum atomic E-state index is 1.11. The third-order valence-electron chi connectivity index (χ3n) is 8.96. The average Bonchev–Trinajstić information content (AvgIpc) is 3.36. The summed E-state index contributed by atoms with van der Waals surface area (Å²) in [5.41, 5.74) is 16.8. The van der Waals surface area contributed by atoms with Crippen molar-refractivity contribution in [1.82, 2.24) is 0 Å². The van der Waals surface area contributed by atoms with Gasteiger partial charge in [0.1, 0.15) is 0 Å². The van der Waals surface area contributed by atoms with E-state index in [4.69, 9.17) is 0 Å². The second-order valence-electron chi connectivity index (χ2n) is 11.6. The smallest absolute Gasteiger partial charge is 0.00262 e. The van der Waals surface area contributed by atoms with E-state index >= 15 is 0 Å². The summed E-state index contributed by atoms with van der Waals surface area (Å²) in [4.78, 5) is 0. The molecule has 0 unspecified atom stereocenters. The Kier molecular flexibility index (Phi) is 6.77. The van der Waals surface area contributed by atoms with Gasteiger partial charge in [-0.05, 0) is 123 Å². The Morgan fingerprint density at radius 1 is 0.415 bits per heavy atom. The van der Waals surface area contributed by atoms with Gasteiger partial charge < -0.3 is 0 Å². The number of fused-ring (bicyclic) bond motifs is 3. The fraction of sp³-hybridized carbons (Fsp3) is 0.171. The van der Waals surface area contributed by atoms with Crippen LogP contribution in [0.15, 0.2) is 121 Å². The molecule has 0 heterocycles. The predicted molar refractivity (Wildman–Crippen MR) is 176 cm³/mol. The lowest BCUT2D eigenvalue weighted by atomic mass is 9.88. The van der Waals surface area contributed by atoms with Gasteiger partial charge in [-0.1, -0.05) is 122 Å². The molecule has 1 aliphatic rings. The largest absolute Gasteiger partial charge is 0.0622 e. The van der Waals surface area contributed by atoms with Crippen LogP contribution >= 0.6 is 0 Å². The van der Waals surface area contributed by atoms with Crippen molar-refractivity contribution in [3.8, 4) is 44.5 Å². The molecule has 0 nitrogen and oxygen atoms in total. The van der Waals surface area contributed by atoms with Crippen LogP contribution < -0.4 is 0 Å². The number of benzene rings is 6. The van der Waals surface area contributed by atoms with Gasteiger partial charge in [0.15, 0.2) is 0 Å². The maximum absolute atomic E-state index is 2.44. The number of aryl methyl sites for hydroxylation is 4. The van der Waals surface area contributed by atoms with E-state index in [1.807, 2.05) is 0 Å². The summed E-state index contributed by atoms with van der Waals surface area (Å²) in [7, 11) is 0. The van der Waals surface area contributed by atoms with Gasteiger partial charge in [0.25, 0.3) is 0 Å². The summed E-state index contributed by atoms with van der Waals surface area (Å²) in [6.45, 7) is 4.53. The molecular weight excluding hydrogens is 492 g/mol. The third-order valence-corrected chi connectivity index (χ3v) is 8.96. The monoisotopic (exact) mass is 528 g/mol. The zero-order valence-corrected chi connectivity index (χ0v) is 24.1. The maximum atomic E-state index is 2.44. The summed E-state index contributed by atoms with van der Waals surface area (Å²) in [6, 6.07) is 44.9. The number of hydrogen-bond acceptors (Lipinski definition) is 0. The Morgan fingerprint density at radius 3 is 1.71 bits per heavy atom. The standard InChI is InChI=1S/C41H36/c1-28-24-25-33(41-36-23-13-21-32-20-12-22-35(39(28)41)40(32)36)18-10-5-11-19-34-26-29(2)37(30-14-6-3-7-15-30)27-38(34)31-16-8-4-9-17-31/h3-4,6-9,12-17,20-27H,5,10-11,18-19H2,1-2H3. The van der Waals surface area contributed by atoms with Crippen LogP contribution in [-0.4, -0.2) is 0 Å². The van der Waals surface area contributed by atoms with Crippen molar-refractivity contribution in [1.29, 1.82) is 0 Å². The molecule has 0 heteroatoms. The van der Waals surface area contributed by atoms with Gasteiger partial charge in [0.05, 0.1) is 0 Å². The van der Waals surface area contributed by atoms with Crippen LogP contribution in [0.2, 0.25) is 0 Å². The molecule has 41 heavy (non-hydrogen) atoms. The Morgan fingerprint density at radius 2 is 1.02 bits per heavy atom. The second-order valence-corrected chi connectivity index (χ2v) is 11.6. The second kappa shape index (κ2) is 10.9. The van der Waals surface area contributed by atoms with Crippen molar-refractivity contribution in [3.63, 3.8) is 0 Å². The van der Waals surface area contributed by atoms with Crippen molar-refractivity contribution >= 4 is 10.8 Å². The average molecular weight is 529 g/mol.